The standard InChI is InChI=1S/C14H19N3O/c1-12-3-4-14(16-10-12)18-8-2-6-17-7-5-13(9-15)11-17/h3-4,10,13H,2,5-8,11H2,1H3/t13-/m1/s1. The predicted molar refractivity (Wildman–Crippen MR) is 69.2 cm³/mol. The second-order valence-corrected chi connectivity index (χ2v) is 4.79. The Morgan fingerprint density at radius 3 is 3.11 bits per heavy atom. The molecule has 0 unspecified atom stereocenters. The lowest BCUT2D eigenvalue weighted by Crippen LogP contribution is -2.23. The molecule has 1 aliphatic rings. The van der Waals surface area contributed by atoms with E-state index >= 15 is 0 Å². The maximum Gasteiger partial charge on any atom is 0.213 e. The Kier molecular flexibility index (Phi) is 4.54. The van der Waals surface area contributed by atoms with Crippen LogP contribution in [0.3, 0.4) is 0 Å². The van der Waals surface area contributed by atoms with E-state index in [4.69, 9.17) is 10.00 Å². The molecule has 18 heavy (non-hydrogen) atoms. The van der Waals surface area contributed by atoms with Gasteiger partial charge in [0.05, 0.1) is 18.6 Å². The van der Waals surface area contributed by atoms with E-state index in [1.165, 1.54) is 0 Å². The third-order valence-corrected chi connectivity index (χ3v) is 3.21. The molecule has 0 bridgehead atoms. The lowest BCUT2D eigenvalue weighted by Gasteiger charge is -2.14. The number of nitrogens with zero attached hydrogens (tertiary/aromatic N) is 3. The van der Waals surface area contributed by atoms with Crippen LogP contribution in [-0.2, 0) is 0 Å². The van der Waals surface area contributed by atoms with E-state index in [0.717, 1.165) is 38.0 Å². The van der Waals surface area contributed by atoms with Crippen LogP contribution in [0.5, 0.6) is 5.88 Å². The zero-order valence-corrected chi connectivity index (χ0v) is 10.8. The van der Waals surface area contributed by atoms with Gasteiger partial charge in [-0.3, -0.25) is 0 Å². The first-order valence-corrected chi connectivity index (χ1v) is 6.45. The van der Waals surface area contributed by atoms with Crippen LogP contribution in [-0.4, -0.2) is 36.1 Å². The summed E-state index contributed by atoms with van der Waals surface area (Å²) in [5.74, 6) is 0.918. The SMILES string of the molecule is Cc1ccc(OCCCN2CC[C@H](C#N)C2)nc1. The molecule has 1 aromatic heterocycles. The summed E-state index contributed by atoms with van der Waals surface area (Å²) in [5, 5.41) is 8.82. The minimum absolute atomic E-state index is 0.227. The van der Waals surface area contributed by atoms with Gasteiger partial charge in [0, 0.05) is 25.4 Å². The molecule has 4 nitrogen and oxygen atoms in total. The number of ether oxygens (including phenoxy) is 1. The molecule has 1 atom stereocenters. The van der Waals surface area contributed by atoms with E-state index in [9.17, 15) is 0 Å². The Morgan fingerprint density at radius 2 is 2.44 bits per heavy atom. The molecule has 0 aliphatic carbocycles. The van der Waals surface area contributed by atoms with E-state index in [0.29, 0.717) is 12.5 Å². The third kappa shape index (κ3) is 3.71. The van der Waals surface area contributed by atoms with Crippen molar-refractivity contribution >= 4 is 0 Å². The van der Waals surface area contributed by atoms with Gasteiger partial charge in [-0.05, 0) is 31.9 Å². The molecule has 0 amide bonds. The van der Waals surface area contributed by atoms with Gasteiger partial charge < -0.3 is 9.64 Å². The van der Waals surface area contributed by atoms with Crippen LogP contribution < -0.4 is 4.74 Å². The molecule has 0 radical (unpaired) electrons. The van der Waals surface area contributed by atoms with E-state index in [1.54, 1.807) is 0 Å². The van der Waals surface area contributed by atoms with Crippen LogP contribution in [0.15, 0.2) is 18.3 Å². The summed E-state index contributed by atoms with van der Waals surface area (Å²) >= 11 is 0. The Balaban J connectivity index is 1.62. The number of aryl methyl sites for hydroxylation is 1. The van der Waals surface area contributed by atoms with Gasteiger partial charge >= 0.3 is 0 Å². The van der Waals surface area contributed by atoms with E-state index in [1.807, 2.05) is 25.3 Å². The first kappa shape index (κ1) is 12.8. The minimum Gasteiger partial charge on any atom is -0.478 e. The van der Waals surface area contributed by atoms with Crippen molar-refractivity contribution in [2.75, 3.05) is 26.2 Å². The Hall–Kier alpha value is -1.60. The van der Waals surface area contributed by atoms with Crippen molar-refractivity contribution in [3.8, 4) is 11.9 Å². The van der Waals surface area contributed by atoms with Gasteiger partial charge in [0.25, 0.3) is 0 Å². The molecule has 1 aliphatic heterocycles. The van der Waals surface area contributed by atoms with Crippen LogP contribution in [0.2, 0.25) is 0 Å². The molecule has 0 spiro atoms. The fourth-order valence-electron chi connectivity index (χ4n) is 2.15. The van der Waals surface area contributed by atoms with Crippen LogP contribution in [0, 0.1) is 24.2 Å². The molecule has 0 saturated carbocycles. The van der Waals surface area contributed by atoms with Gasteiger partial charge in [0.15, 0.2) is 0 Å². The Morgan fingerprint density at radius 1 is 1.56 bits per heavy atom. The van der Waals surface area contributed by atoms with Gasteiger partial charge in [-0.15, -0.1) is 0 Å². The normalized spacial score (nSPS) is 19.7. The smallest absolute Gasteiger partial charge is 0.213 e. The highest BCUT2D eigenvalue weighted by Crippen LogP contribution is 2.15. The Labute approximate surface area is 108 Å². The van der Waals surface area contributed by atoms with Crippen LogP contribution in [0.4, 0.5) is 0 Å². The molecule has 2 rings (SSSR count). The number of hydrogen-bond acceptors (Lipinski definition) is 4. The molecule has 1 saturated heterocycles. The summed E-state index contributed by atoms with van der Waals surface area (Å²) in [6, 6.07) is 6.23. The monoisotopic (exact) mass is 245 g/mol. The van der Waals surface area contributed by atoms with Gasteiger partial charge in [-0.25, -0.2) is 4.98 Å². The van der Waals surface area contributed by atoms with Gasteiger partial charge in [-0.1, -0.05) is 6.07 Å². The lowest BCUT2D eigenvalue weighted by molar-refractivity contribution is 0.255. The summed E-state index contributed by atoms with van der Waals surface area (Å²) in [7, 11) is 0. The quantitative estimate of drug-likeness (QED) is 0.744. The summed E-state index contributed by atoms with van der Waals surface area (Å²) < 4.78 is 5.57. The largest absolute Gasteiger partial charge is 0.478 e. The van der Waals surface area contributed by atoms with Gasteiger partial charge in [0.1, 0.15) is 0 Å². The minimum atomic E-state index is 0.227. The summed E-state index contributed by atoms with van der Waals surface area (Å²) in [5.41, 5.74) is 1.14. The molecular weight excluding hydrogens is 226 g/mol. The Bertz CT molecular complexity index is 410. The highest BCUT2D eigenvalue weighted by molar-refractivity contribution is 5.16. The highest BCUT2D eigenvalue weighted by Gasteiger charge is 2.21. The fraction of sp³-hybridized carbons (Fsp3) is 0.571. The molecule has 0 N–H and O–H groups in total. The molecule has 1 fully saturated rings. The number of likely N-dealkylation sites (tertiary alicyclic amines) is 1. The van der Waals surface area contributed by atoms with Crippen molar-refractivity contribution in [1.29, 1.82) is 5.26 Å². The van der Waals surface area contributed by atoms with Crippen molar-refractivity contribution in [3.63, 3.8) is 0 Å². The second-order valence-electron chi connectivity index (χ2n) is 4.79. The van der Waals surface area contributed by atoms with E-state index in [2.05, 4.69) is 16.0 Å². The zero-order valence-electron chi connectivity index (χ0n) is 10.8. The van der Waals surface area contributed by atoms with E-state index in [-0.39, 0.29) is 5.92 Å². The summed E-state index contributed by atoms with van der Waals surface area (Å²) in [4.78, 5) is 6.53. The number of hydrogen-bond donors (Lipinski definition) is 0. The maximum atomic E-state index is 8.82. The molecule has 2 heterocycles. The van der Waals surface area contributed by atoms with Crippen molar-refractivity contribution in [2.45, 2.75) is 19.8 Å². The number of pyridine rings is 1. The average molecular weight is 245 g/mol. The van der Waals surface area contributed by atoms with Gasteiger partial charge in [-0.2, -0.15) is 5.26 Å². The molecule has 1 aromatic rings. The summed E-state index contributed by atoms with van der Waals surface area (Å²) in [6.07, 6.45) is 3.80. The topological polar surface area (TPSA) is 49.1 Å². The fourth-order valence-corrected chi connectivity index (χ4v) is 2.15. The van der Waals surface area contributed by atoms with E-state index < -0.39 is 0 Å². The first-order chi connectivity index (χ1) is 8.78. The van der Waals surface area contributed by atoms with Crippen molar-refractivity contribution in [3.05, 3.63) is 23.9 Å². The molecule has 0 aromatic carbocycles. The molecular formula is C14H19N3O. The number of rotatable bonds is 5. The van der Waals surface area contributed by atoms with Gasteiger partial charge in [0.2, 0.25) is 5.88 Å². The first-order valence-electron chi connectivity index (χ1n) is 6.45. The summed E-state index contributed by atoms with van der Waals surface area (Å²) in [6.45, 7) is 5.66. The van der Waals surface area contributed by atoms with Crippen LogP contribution in [0.25, 0.3) is 0 Å². The lowest BCUT2D eigenvalue weighted by atomic mass is 10.1. The maximum absolute atomic E-state index is 8.82. The molecule has 96 valence electrons. The number of nitriles is 1. The predicted octanol–water partition coefficient (Wildman–Crippen LogP) is 2.00. The average Bonchev–Trinajstić information content (AvgIpc) is 2.85. The number of aromatic nitrogens is 1. The molecule has 4 heteroatoms. The van der Waals surface area contributed by atoms with Crippen LogP contribution in [0.1, 0.15) is 18.4 Å². The third-order valence-electron chi connectivity index (χ3n) is 3.21. The van der Waals surface area contributed by atoms with Crippen molar-refractivity contribution in [2.24, 2.45) is 5.92 Å². The highest BCUT2D eigenvalue weighted by atomic mass is 16.5. The zero-order chi connectivity index (χ0) is 12.8. The van der Waals surface area contributed by atoms with Crippen LogP contribution >= 0.6 is 0 Å². The van der Waals surface area contributed by atoms with Crippen molar-refractivity contribution < 1.29 is 4.74 Å². The van der Waals surface area contributed by atoms with Crippen molar-refractivity contribution in [1.82, 2.24) is 9.88 Å². The second kappa shape index (κ2) is 6.36.